The molecule has 3 saturated heterocycles. The molecule has 1 N–H and O–H groups in total. The average molecular weight is 466 g/mol. The van der Waals surface area contributed by atoms with E-state index in [1.807, 2.05) is 11.3 Å². The third-order valence-electron chi connectivity index (χ3n) is 5.93. The first-order valence-electron chi connectivity index (χ1n) is 10.7. The summed E-state index contributed by atoms with van der Waals surface area (Å²) in [6.07, 6.45) is 1.48. The molecule has 176 valence electrons. The molecule has 4 heterocycles. The van der Waals surface area contributed by atoms with Crippen LogP contribution in [-0.4, -0.2) is 73.4 Å². The van der Waals surface area contributed by atoms with Crippen molar-refractivity contribution in [2.24, 2.45) is 5.92 Å². The van der Waals surface area contributed by atoms with E-state index in [9.17, 15) is 13.2 Å². The Balaban J connectivity index is 0.000000339. The van der Waals surface area contributed by atoms with Crippen LogP contribution in [0.3, 0.4) is 0 Å². The van der Waals surface area contributed by atoms with Crippen molar-refractivity contribution in [1.82, 2.24) is 4.90 Å². The fraction of sp³-hybridized carbons (Fsp3) is 0.762. The molecule has 0 radical (unpaired) electrons. The SMILES string of the molecule is O=C(O)C(F)(F)F.c1csc(CN2CC[C@H]3O[C@@H](COCC4CCOCC4)CC[C@H]32)c1. The van der Waals surface area contributed by atoms with Gasteiger partial charge in [0.1, 0.15) is 0 Å². The number of hydrogen-bond acceptors (Lipinski definition) is 6. The molecule has 0 saturated carbocycles. The van der Waals surface area contributed by atoms with Crippen LogP contribution in [0.4, 0.5) is 13.2 Å². The summed E-state index contributed by atoms with van der Waals surface area (Å²) in [6.45, 7) is 5.71. The second kappa shape index (κ2) is 11.6. The van der Waals surface area contributed by atoms with Crippen LogP contribution in [0, 0.1) is 5.92 Å². The quantitative estimate of drug-likeness (QED) is 0.686. The van der Waals surface area contributed by atoms with Gasteiger partial charge in [-0.15, -0.1) is 11.3 Å². The molecule has 0 bridgehead atoms. The number of alkyl halides is 3. The van der Waals surface area contributed by atoms with Gasteiger partial charge in [0, 0.05) is 43.8 Å². The second-order valence-corrected chi connectivity index (χ2v) is 9.21. The summed E-state index contributed by atoms with van der Waals surface area (Å²) in [7, 11) is 0. The Hall–Kier alpha value is -1.20. The topological polar surface area (TPSA) is 68.2 Å². The molecule has 0 amide bonds. The molecule has 3 aliphatic rings. The summed E-state index contributed by atoms with van der Waals surface area (Å²) >= 11 is 1.86. The first-order chi connectivity index (χ1) is 14.8. The molecule has 10 heteroatoms. The van der Waals surface area contributed by atoms with Gasteiger partial charge in [-0.1, -0.05) is 6.07 Å². The lowest BCUT2D eigenvalue weighted by Crippen LogP contribution is -2.43. The maximum atomic E-state index is 10.6. The zero-order valence-corrected chi connectivity index (χ0v) is 18.2. The molecule has 0 aliphatic carbocycles. The fourth-order valence-electron chi connectivity index (χ4n) is 4.29. The zero-order chi connectivity index (χ0) is 22.3. The van der Waals surface area contributed by atoms with Crippen LogP contribution in [0.1, 0.15) is 37.0 Å². The Labute approximate surface area is 184 Å². The molecular formula is C21H30F3NO5S. The number of nitrogens with zero attached hydrogens (tertiary/aromatic N) is 1. The number of likely N-dealkylation sites (tertiary alicyclic amines) is 1. The molecule has 3 fully saturated rings. The van der Waals surface area contributed by atoms with Gasteiger partial charge in [-0.2, -0.15) is 13.2 Å². The van der Waals surface area contributed by atoms with E-state index < -0.39 is 12.1 Å². The number of halogens is 3. The van der Waals surface area contributed by atoms with Gasteiger partial charge in [0.15, 0.2) is 0 Å². The minimum atomic E-state index is -5.08. The van der Waals surface area contributed by atoms with Gasteiger partial charge in [0.2, 0.25) is 0 Å². The first-order valence-corrected chi connectivity index (χ1v) is 11.6. The summed E-state index contributed by atoms with van der Waals surface area (Å²) < 4.78 is 49.5. The molecular weight excluding hydrogens is 435 g/mol. The van der Waals surface area contributed by atoms with Crippen LogP contribution >= 0.6 is 11.3 Å². The van der Waals surface area contributed by atoms with Crippen molar-refractivity contribution in [2.45, 2.75) is 63.1 Å². The molecule has 0 aromatic carbocycles. The maximum absolute atomic E-state index is 10.6. The minimum Gasteiger partial charge on any atom is -0.475 e. The average Bonchev–Trinajstić information content (AvgIpc) is 3.39. The van der Waals surface area contributed by atoms with Crippen LogP contribution < -0.4 is 0 Å². The monoisotopic (exact) mass is 465 g/mol. The summed E-state index contributed by atoms with van der Waals surface area (Å²) in [5, 5.41) is 9.30. The Kier molecular flexibility index (Phi) is 9.15. The minimum absolute atomic E-state index is 0.299. The summed E-state index contributed by atoms with van der Waals surface area (Å²) in [4.78, 5) is 13.0. The van der Waals surface area contributed by atoms with Crippen molar-refractivity contribution in [2.75, 3.05) is 33.0 Å². The molecule has 4 rings (SSSR count). The van der Waals surface area contributed by atoms with Crippen LogP contribution in [0.5, 0.6) is 0 Å². The van der Waals surface area contributed by atoms with E-state index in [0.717, 1.165) is 52.2 Å². The summed E-state index contributed by atoms with van der Waals surface area (Å²) in [5.74, 6) is -2.07. The number of ether oxygens (including phenoxy) is 3. The highest BCUT2D eigenvalue weighted by atomic mass is 32.1. The predicted octanol–water partition coefficient (Wildman–Crippen LogP) is 3.95. The molecule has 1 aromatic rings. The molecule has 0 spiro atoms. The zero-order valence-electron chi connectivity index (χ0n) is 17.4. The maximum Gasteiger partial charge on any atom is 0.490 e. The predicted molar refractivity (Wildman–Crippen MR) is 109 cm³/mol. The number of carboxylic acids is 1. The molecule has 3 atom stereocenters. The largest absolute Gasteiger partial charge is 0.490 e. The molecule has 1 aromatic heterocycles. The second-order valence-electron chi connectivity index (χ2n) is 8.18. The summed E-state index contributed by atoms with van der Waals surface area (Å²) in [5.41, 5.74) is 0. The number of aliphatic carboxylic acids is 1. The van der Waals surface area contributed by atoms with E-state index in [1.165, 1.54) is 24.3 Å². The smallest absolute Gasteiger partial charge is 0.475 e. The van der Waals surface area contributed by atoms with Crippen molar-refractivity contribution in [3.8, 4) is 0 Å². The van der Waals surface area contributed by atoms with Crippen molar-refractivity contribution in [3.63, 3.8) is 0 Å². The standard InChI is InChI=1S/C19H29NO3S.C2HF3O2/c1-2-17(24-11-1)12-20-8-5-19-18(20)4-3-16(23-19)14-22-13-15-6-9-21-10-7-15;3-2(4,5)1(6)7/h1-2,11,15-16,18-19H,3-10,12-14H2;(H,6,7)/t16-,18-,19-;/m1./s1. The Morgan fingerprint density at radius 2 is 1.94 bits per heavy atom. The lowest BCUT2D eigenvalue weighted by atomic mass is 9.99. The van der Waals surface area contributed by atoms with Crippen molar-refractivity contribution >= 4 is 17.3 Å². The Morgan fingerprint density at radius 3 is 2.58 bits per heavy atom. The van der Waals surface area contributed by atoms with Crippen molar-refractivity contribution in [1.29, 1.82) is 0 Å². The van der Waals surface area contributed by atoms with E-state index in [-0.39, 0.29) is 0 Å². The van der Waals surface area contributed by atoms with Gasteiger partial charge in [-0.3, -0.25) is 4.90 Å². The molecule has 31 heavy (non-hydrogen) atoms. The number of rotatable bonds is 6. The normalized spacial score (nSPS) is 27.4. The van der Waals surface area contributed by atoms with Crippen molar-refractivity contribution < 1.29 is 37.3 Å². The van der Waals surface area contributed by atoms with Crippen LogP contribution in [-0.2, 0) is 25.5 Å². The van der Waals surface area contributed by atoms with Crippen LogP contribution in [0.2, 0.25) is 0 Å². The number of carboxylic acid groups (broad SMARTS) is 1. The van der Waals surface area contributed by atoms with E-state index in [2.05, 4.69) is 22.4 Å². The highest BCUT2D eigenvalue weighted by Gasteiger charge is 2.40. The number of fused-ring (bicyclic) bond motifs is 1. The Morgan fingerprint density at radius 1 is 1.19 bits per heavy atom. The fourth-order valence-corrected chi connectivity index (χ4v) is 5.02. The lowest BCUT2D eigenvalue weighted by molar-refractivity contribution is -0.192. The molecule has 6 nitrogen and oxygen atoms in total. The number of carbonyl (C=O) groups is 1. The van der Waals surface area contributed by atoms with Crippen LogP contribution in [0.15, 0.2) is 17.5 Å². The van der Waals surface area contributed by atoms with Gasteiger partial charge in [0.25, 0.3) is 0 Å². The van der Waals surface area contributed by atoms with Gasteiger partial charge in [-0.25, -0.2) is 4.79 Å². The van der Waals surface area contributed by atoms with E-state index in [4.69, 9.17) is 24.1 Å². The van der Waals surface area contributed by atoms with E-state index in [0.29, 0.717) is 24.2 Å². The van der Waals surface area contributed by atoms with E-state index >= 15 is 0 Å². The van der Waals surface area contributed by atoms with Gasteiger partial charge < -0.3 is 19.3 Å². The highest BCUT2D eigenvalue weighted by molar-refractivity contribution is 7.09. The molecule has 3 aliphatic heterocycles. The third-order valence-corrected chi connectivity index (χ3v) is 6.79. The first kappa shape index (κ1) is 24.4. The van der Waals surface area contributed by atoms with Crippen molar-refractivity contribution in [3.05, 3.63) is 22.4 Å². The van der Waals surface area contributed by atoms with Gasteiger partial charge in [-0.05, 0) is 49.5 Å². The lowest BCUT2D eigenvalue weighted by Gasteiger charge is -2.36. The molecule has 0 unspecified atom stereocenters. The number of thiophene rings is 1. The van der Waals surface area contributed by atoms with Gasteiger partial charge >= 0.3 is 12.1 Å². The Bertz CT molecular complexity index is 666. The van der Waals surface area contributed by atoms with E-state index in [1.54, 1.807) is 0 Å². The third kappa shape index (κ3) is 7.71. The number of hydrogen-bond donors (Lipinski definition) is 1. The summed E-state index contributed by atoms with van der Waals surface area (Å²) in [6, 6.07) is 5.00. The highest BCUT2D eigenvalue weighted by Crippen LogP contribution is 2.33. The van der Waals surface area contributed by atoms with Gasteiger partial charge in [0.05, 0.1) is 18.8 Å². The van der Waals surface area contributed by atoms with Crippen LogP contribution in [0.25, 0.3) is 0 Å².